The maximum Gasteiger partial charge on any atom is 0 e. The minimum Gasteiger partial charge on any atom is 0 e. The summed E-state index contributed by atoms with van der Waals surface area (Å²) in [7, 11) is 2.21. The van der Waals surface area contributed by atoms with E-state index >= 15 is 0 Å². The van der Waals surface area contributed by atoms with Gasteiger partial charge in [-0.15, -0.1) is 0 Å². The topological polar surface area (TPSA) is 103 Å². The molecule has 0 amide bonds. The summed E-state index contributed by atoms with van der Waals surface area (Å²) < 4.78 is 39.9. The van der Waals surface area contributed by atoms with Crippen molar-refractivity contribution in [3.8, 4) is 0 Å². The first-order valence-corrected chi connectivity index (χ1v) is 10.5. The molecule has 0 unspecified atom stereocenters. The minimum absolute atomic E-state index is 0. The Hall–Kier alpha value is -3.70. The van der Waals surface area contributed by atoms with E-state index in [1.54, 1.807) is 0 Å². The average Bonchev–Trinajstić information content (AvgIpc) is 3.01. The fraction of sp³-hybridized carbons (Fsp3) is 0.161. The fourth-order valence-electron chi connectivity index (χ4n) is 4.26. The van der Waals surface area contributed by atoms with Crippen LogP contribution in [-0.4, -0.2) is 17.3 Å². The molecule has 0 N–H and O–H groups in total. The van der Waals surface area contributed by atoms with E-state index in [1.165, 1.54) is 28.0 Å². The molecule has 38 heavy (non-hydrogen) atoms. The molecule has 7 heteroatoms. The molecule has 0 bridgehead atoms. The van der Waals surface area contributed by atoms with Crippen molar-refractivity contribution >= 4 is 5.71 Å². The van der Waals surface area contributed by atoms with Crippen LogP contribution in [0.4, 0.5) is 0 Å². The quantitative estimate of drug-likeness (QED) is 0.239. The molecule has 0 fully saturated rings. The number of nitrogens with zero attached hydrogens (tertiary/aromatic N) is 1. The Labute approximate surface area is 235 Å². The first-order chi connectivity index (χ1) is 18.1. The Kier molecular flexibility index (Phi) is 23.0. The van der Waals surface area contributed by atoms with Crippen LogP contribution in [-0.2, 0) is 46.0 Å². The number of benzene rings is 3. The summed E-state index contributed by atoms with van der Waals surface area (Å²) >= 11 is 0. The second-order valence-electron chi connectivity index (χ2n) is 7.28. The smallest absolute Gasteiger partial charge is 0 e. The van der Waals surface area contributed by atoms with Gasteiger partial charge in [0.05, 0.1) is 0 Å². The van der Waals surface area contributed by atoms with Gasteiger partial charge in [0.2, 0.25) is 0 Å². The number of rotatable bonds is 4. The third-order valence-electron chi connectivity index (χ3n) is 5.71. The van der Waals surface area contributed by atoms with E-state index in [4.69, 9.17) is 23.3 Å². The fourth-order valence-corrected chi connectivity index (χ4v) is 4.26. The Morgan fingerprint density at radius 1 is 0.632 bits per heavy atom. The van der Waals surface area contributed by atoms with Crippen molar-refractivity contribution in [2.45, 2.75) is 25.3 Å². The summed E-state index contributed by atoms with van der Waals surface area (Å²) in [5.41, 5.74) is 6.10. The predicted molar refractivity (Wildman–Crippen MR) is 132 cm³/mol. The first-order valence-electron chi connectivity index (χ1n) is 10.5. The third kappa shape index (κ3) is 9.00. The van der Waals surface area contributed by atoms with Gasteiger partial charge >= 0.3 is 56.5 Å². The van der Waals surface area contributed by atoms with Crippen LogP contribution in [0.5, 0.6) is 0 Å². The molecule has 0 saturated carbocycles. The van der Waals surface area contributed by atoms with E-state index in [1.807, 2.05) is 0 Å². The van der Waals surface area contributed by atoms with Crippen LogP contribution in [0.15, 0.2) is 96.6 Å². The van der Waals surface area contributed by atoms with Gasteiger partial charge in [-0.1, -0.05) is 109 Å². The zero-order valence-corrected chi connectivity index (χ0v) is 22.4. The number of allylic oxidation sites excluding steroid dienone is 2. The summed E-state index contributed by atoms with van der Waals surface area (Å²) in [6.45, 7) is 26.9. The monoisotopic (exact) mass is 543 g/mol. The Bertz CT molecular complexity index is 1150. The van der Waals surface area contributed by atoms with Crippen molar-refractivity contribution < 1.29 is 45.2 Å². The molecule has 1 aliphatic rings. The Balaban J connectivity index is -0.00000100. The molecule has 3 aromatic carbocycles. The van der Waals surface area contributed by atoms with E-state index in [0.717, 1.165) is 0 Å². The predicted octanol–water partition coefficient (Wildman–Crippen LogP) is 5.39. The summed E-state index contributed by atoms with van der Waals surface area (Å²) in [4.78, 5) is 0. The largest absolute Gasteiger partial charge is 0 e. The van der Waals surface area contributed by atoms with Crippen molar-refractivity contribution in [3.63, 3.8) is 0 Å². The zero-order valence-electron chi connectivity index (χ0n) is 21.1. The second kappa shape index (κ2) is 22.5. The zero-order chi connectivity index (χ0) is 28.9. The molecule has 0 heterocycles. The third-order valence-corrected chi connectivity index (χ3v) is 5.71. The summed E-state index contributed by atoms with van der Waals surface area (Å²) in [6.07, 6.45) is 3.76. The van der Waals surface area contributed by atoms with Crippen molar-refractivity contribution in [2.75, 3.05) is 7.05 Å². The van der Waals surface area contributed by atoms with Gasteiger partial charge in [0.15, 0.2) is 6.04 Å². The van der Waals surface area contributed by atoms with Gasteiger partial charge in [-0.25, -0.2) is 0 Å². The van der Waals surface area contributed by atoms with Crippen LogP contribution in [0.3, 0.4) is 0 Å². The molecular weight excluding hydrogens is 518 g/mol. The molecule has 0 saturated heterocycles. The Morgan fingerprint density at radius 3 is 1.26 bits per heavy atom. The van der Waals surface area contributed by atoms with E-state index in [-0.39, 0.29) is 28.8 Å². The molecule has 3 aromatic rings. The molecule has 0 aromatic heterocycles. The summed E-state index contributed by atoms with van der Waals surface area (Å²) in [5.74, 6) is 0. The van der Waals surface area contributed by atoms with Gasteiger partial charge in [-0.05, 0) is 5.41 Å². The van der Waals surface area contributed by atoms with E-state index in [9.17, 15) is 0 Å². The van der Waals surface area contributed by atoms with Gasteiger partial charge < -0.3 is 4.58 Å². The molecular formula is C31H25CrNO5. The molecule has 0 radical (unpaired) electrons. The van der Waals surface area contributed by atoms with Crippen molar-refractivity contribution in [1.82, 2.24) is 0 Å². The van der Waals surface area contributed by atoms with Gasteiger partial charge in [0.25, 0.3) is 0 Å². The molecule has 6 nitrogen and oxygen atoms in total. The molecule has 1 aliphatic carbocycles. The molecule has 0 aliphatic heterocycles. The van der Waals surface area contributed by atoms with Crippen LogP contribution in [0, 0.1) is 39.3 Å². The first kappa shape index (κ1) is 38.8. The minimum atomic E-state index is -0.315. The summed E-state index contributed by atoms with van der Waals surface area (Å²) in [5, 5.41) is 0. The maximum atomic E-state index is 7.50. The van der Waals surface area contributed by atoms with Gasteiger partial charge in [-0.2, -0.15) is 5.57 Å². The Morgan fingerprint density at radius 2 is 0.947 bits per heavy atom. The molecule has 4 rings (SSSR count). The van der Waals surface area contributed by atoms with Crippen LogP contribution in [0.1, 0.15) is 36.6 Å². The molecule has 0 spiro atoms. The van der Waals surface area contributed by atoms with E-state index in [2.05, 4.69) is 156 Å². The van der Waals surface area contributed by atoms with Crippen LogP contribution in [0.2, 0.25) is 0 Å². The SMILES string of the molecule is CC1=[C-]C(c2ccccc2)(c2ccccc2)C1=[N+](C)[C@@H](C)c1ccccc1.[C-]#[O+].[C-]#[O+].[C-]#[O+].[C-]#[O+].[C-]#[O+].[Cr]. The number of hydrogen-bond donors (Lipinski definition) is 0. The summed E-state index contributed by atoms with van der Waals surface area (Å²) in [6, 6.07) is 32.5. The van der Waals surface area contributed by atoms with Gasteiger partial charge in [0.1, 0.15) is 7.05 Å². The van der Waals surface area contributed by atoms with Gasteiger partial charge in [0, 0.05) is 35.6 Å². The maximum absolute atomic E-state index is 7.50. The average molecular weight is 544 g/mol. The van der Waals surface area contributed by atoms with E-state index < -0.39 is 0 Å². The standard InChI is InChI=1S/C26H25N.5CO.Cr/c1-20-19-26(23-15-9-5-10-16-23,24-17-11-6-12-18-24)25(20)27(3)21(2)22-13-7-4-8-14-22;5*1-2;/h4-18,21H,1-3H3;;;;;;/t21-;;;;;;/m0....../s1. The van der Waals surface area contributed by atoms with Crippen LogP contribution < -0.4 is 0 Å². The van der Waals surface area contributed by atoms with Crippen molar-refractivity contribution in [1.29, 1.82) is 0 Å². The van der Waals surface area contributed by atoms with Crippen LogP contribution in [0.25, 0.3) is 0 Å². The van der Waals surface area contributed by atoms with Crippen molar-refractivity contribution in [3.05, 3.63) is 153 Å². The molecule has 190 valence electrons. The number of hydrogen-bond acceptors (Lipinski definition) is 0. The van der Waals surface area contributed by atoms with Crippen molar-refractivity contribution in [2.24, 2.45) is 0 Å². The molecule has 1 atom stereocenters. The second-order valence-corrected chi connectivity index (χ2v) is 7.28. The normalized spacial score (nSPS) is 13.2. The van der Waals surface area contributed by atoms with E-state index in [0.29, 0.717) is 0 Å². The van der Waals surface area contributed by atoms with Crippen LogP contribution >= 0.6 is 0 Å². The van der Waals surface area contributed by atoms with Gasteiger partial charge in [-0.3, -0.25) is 6.08 Å².